The molecule has 0 atom stereocenters. The van der Waals surface area contributed by atoms with Gasteiger partial charge in [-0.1, -0.05) is 37.1 Å². The summed E-state index contributed by atoms with van der Waals surface area (Å²) in [6.45, 7) is 1.68. The number of hydrogen-bond acceptors (Lipinski definition) is 4. The fourth-order valence-corrected chi connectivity index (χ4v) is 4.27. The molecule has 0 bridgehead atoms. The lowest BCUT2D eigenvalue weighted by Crippen LogP contribution is -2.31. The lowest BCUT2D eigenvalue weighted by molar-refractivity contribution is -0.114. The first-order valence-electron chi connectivity index (χ1n) is 12.4. The van der Waals surface area contributed by atoms with Crippen LogP contribution in [0.5, 0.6) is 0 Å². The Morgan fingerprint density at radius 2 is 1.47 bits per heavy atom. The molecule has 186 valence electrons. The molecule has 0 spiro atoms. The summed E-state index contributed by atoms with van der Waals surface area (Å²) in [5.74, 6) is -0.334. The number of likely N-dealkylation sites (tertiary alicyclic amines) is 1. The van der Waals surface area contributed by atoms with Gasteiger partial charge >= 0.3 is 0 Å². The number of anilines is 3. The van der Waals surface area contributed by atoms with Gasteiger partial charge in [-0.05, 0) is 67.4 Å². The van der Waals surface area contributed by atoms with E-state index in [1.165, 1.54) is 12.8 Å². The number of rotatable bonds is 7. The summed E-state index contributed by atoms with van der Waals surface area (Å²) in [7, 11) is 1.72. The zero-order valence-corrected chi connectivity index (χ0v) is 20.6. The van der Waals surface area contributed by atoms with E-state index in [1.54, 1.807) is 48.3 Å². The molecule has 3 amide bonds. The van der Waals surface area contributed by atoms with E-state index in [0.29, 0.717) is 16.8 Å². The summed E-state index contributed by atoms with van der Waals surface area (Å²) in [5.41, 5.74) is 3.24. The van der Waals surface area contributed by atoms with Crippen molar-refractivity contribution in [2.75, 3.05) is 42.2 Å². The highest BCUT2D eigenvalue weighted by molar-refractivity contribution is 6.06. The van der Waals surface area contributed by atoms with Gasteiger partial charge in [-0.15, -0.1) is 0 Å². The number of carbonyl (C=O) groups is 3. The molecule has 0 saturated carbocycles. The van der Waals surface area contributed by atoms with E-state index in [9.17, 15) is 14.4 Å². The largest absolute Gasteiger partial charge is 0.376 e. The SMILES string of the molecule is CN(C(=O)c1cccc(NC(=O)CNc2ccc(C(=O)N3CCCCCC3)cc2)c1)c1ccccc1. The molecular weight excluding hydrogens is 452 g/mol. The van der Waals surface area contributed by atoms with Gasteiger partial charge in [-0.3, -0.25) is 14.4 Å². The van der Waals surface area contributed by atoms with Crippen molar-refractivity contribution in [1.29, 1.82) is 0 Å². The minimum absolute atomic E-state index is 0.0571. The van der Waals surface area contributed by atoms with Crippen molar-refractivity contribution in [2.45, 2.75) is 25.7 Å². The third-order valence-electron chi connectivity index (χ3n) is 6.32. The van der Waals surface area contributed by atoms with E-state index in [0.717, 1.165) is 37.3 Å². The Kier molecular flexibility index (Phi) is 8.34. The highest BCUT2D eigenvalue weighted by atomic mass is 16.2. The molecule has 3 aromatic carbocycles. The van der Waals surface area contributed by atoms with Gasteiger partial charge in [0.05, 0.1) is 6.54 Å². The molecule has 0 radical (unpaired) electrons. The van der Waals surface area contributed by atoms with Crippen LogP contribution in [0.3, 0.4) is 0 Å². The van der Waals surface area contributed by atoms with Crippen molar-refractivity contribution < 1.29 is 14.4 Å². The molecule has 7 nitrogen and oxygen atoms in total. The zero-order valence-electron chi connectivity index (χ0n) is 20.6. The van der Waals surface area contributed by atoms with E-state index in [1.807, 2.05) is 47.4 Å². The van der Waals surface area contributed by atoms with E-state index >= 15 is 0 Å². The van der Waals surface area contributed by atoms with Gasteiger partial charge < -0.3 is 20.4 Å². The number of nitrogens with zero attached hydrogens (tertiary/aromatic N) is 2. The Morgan fingerprint density at radius 1 is 0.778 bits per heavy atom. The summed E-state index contributed by atoms with van der Waals surface area (Å²) < 4.78 is 0. The van der Waals surface area contributed by atoms with Crippen molar-refractivity contribution in [2.24, 2.45) is 0 Å². The Balaban J connectivity index is 1.30. The second-order valence-corrected chi connectivity index (χ2v) is 8.97. The molecule has 0 aromatic heterocycles. The molecular formula is C29H32N4O3. The van der Waals surface area contributed by atoms with Crippen LogP contribution in [0.1, 0.15) is 46.4 Å². The second-order valence-electron chi connectivity index (χ2n) is 8.97. The fourth-order valence-electron chi connectivity index (χ4n) is 4.27. The molecule has 2 N–H and O–H groups in total. The molecule has 1 heterocycles. The van der Waals surface area contributed by atoms with Crippen LogP contribution < -0.4 is 15.5 Å². The van der Waals surface area contributed by atoms with Crippen molar-refractivity contribution in [3.8, 4) is 0 Å². The lowest BCUT2D eigenvalue weighted by atomic mass is 10.1. The van der Waals surface area contributed by atoms with Crippen molar-refractivity contribution >= 4 is 34.8 Å². The number of hydrogen-bond donors (Lipinski definition) is 2. The maximum atomic E-state index is 12.9. The van der Waals surface area contributed by atoms with Crippen LogP contribution in [0.25, 0.3) is 0 Å². The number of para-hydroxylation sites is 1. The predicted octanol–water partition coefficient (Wildman–Crippen LogP) is 5.03. The van der Waals surface area contributed by atoms with E-state index in [-0.39, 0.29) is 24.3 Å². The highest BCUT2D eigenvalue weighted by Crippen LogP contribution is 2.18. The molecule has 1 aliphatic heterocycles. The van der Waals surface area contributed by atoms with Crippen LogP contribution in [-0.2, 0) is 4.79 Å². The number of benzene rings is 3. The first-order valence-corrected chi connectivity index (χ1v) is 12.4. The standard InChI is InChI=1S/C29H32N4O3/c1-32(26-12-5-4-6-13-26)28(35)23-10-9-11-25(20-23)31-27(34)21-30-24-16-14-22(15-17-24)29(36)33-18-7-2-3-8-19-33/h4-6,9-17,20,30H,2-3,7-8,18-19,21H2,1H3,(H,31,34). The van der Waals surface area contributed by atoms with Gasteiger partial charge in [0.15, 0.2) is 0 Å². The third kappa shape index (κ3) is 6.50. The molecule has 7 heteroatoms. The lowest BCUT2D eigenvalue weighted by Gasteiger charge is -2.20. The maximum Gasteiger partial charge on any atom is 0.258 e. The summed E-state index contributed by atoms with van der Waals surface area (Å²) in [4.78, 5) is 41.6. The normalized spacial score (nSPS) is 13.4. The maximum absolute atomic E-state index is 12.9. The summed E-state index contributed by atoms with van der Waals surface area (Å²) in [6, 6.07) is 23.5. The van der Waals surface area contributed by atoms with Crippen LogP contribution in [-0.4, -0.2) is 49.3 Å². The van der Waals surface area contributed by atoms with Gasteiger partial charge in [0.2, 0.25) is 5.91 Å². The molecule has 4 rings (SSSR count). The van der Waals surface area contributed by atoms with Crippen LogP contribution >= 0.6 is 0 Å². The Labute approximate surface area is 212 Å². The van der Waals surface area contributed by atoms with Crippen molar-refractivity contribution in [3.63, 3.8) is 0 Å². The minimum Gasteiger partial charge on any atom is -0.376 e. The fraction of sp³-hybridized carbons (Fsp3) is 0.276. The molecule has 1 fully saturated rings. The Bertz CT molecular complexity index is 1190. The minimum atomic E-state index is -0.235. The van der Waals surface area contributed by atoms with Crippen molar-refractivity contribution in [3.05, 3.63) is 90.0 Å². The van der Waals surface area contributed by atoms with Gasteiger partial charge in [-0.2, -0.15) is 0 Å². The van der Waals surface area contributed by atoms with Gasteiger partial charge in [0.25, 0.3) is 11.8 Å². The first-order chi connectivity index (χ1) is 17.5. The van der Waals surface area contributed by atoms with Crippen molar-refractivity contribution in [1.82, 2.24) is 4.90 Å². The van der Waals surface area contributed by atoms with E-state index < -0.39 is 0 Å². The molecule has 0 aliphatic carbocycles. The summed E-state index contributed by atoms with van der Waals surface area (Å²) >= 11 is 0. The quantitative estimate of drug-likeness (QED) is 0.493. The average Bonchev–Trinajstić information content (AvgIpc) is 3.21. The molecule has 1 saturated heterocycles. The van der Waals surface area contributed by atoms with Crippen LogP contribution in [0.2, 0.25) is 0 Å². The van der Waals surface area contributed by atoms with Gasteiger partial charge in [-0.25, -0.2) is 0 Å². The van der Waals surface area contributed by atoms with Crippen LogP contribution in [0.4, 0.5) is 17.1 Å². The van der Waals surface area contributed by atoms with Crippen LogP contribution in [0.15, 0.2) is 78.9 Å². The van der Waals surface area contributed by atoms with E-state index in [4.69, 9.17) is 0 Å². The first kappa shape index (κ1) is 25.0. The summed E-state index contributed by atoms with van der Waals surface area (Å²) in [5, 5.41) is 5.92. The highest BCUT2D eigenvalue weighted by Gasteiger charge is 2.17. The Hall–Kier alpha value is -4.13. The number of carbonyl (C=O) groups excluding carboxylic acids is 3. The number of amides is 3. The average molecular weight is 485 g/mol. The van der Waals surface area contributed by atoms with E-state index in [2.05, 4.69) is 10.6 Å². The van der Waals surface area contributed by atoms with Gasteiger partial charge in [0, 0.05) is 48.3 Å². The molecule has 0 unspecified atom stereocenters. The predicted molar refractivity (Wildman–Crippen MR) is 144 cm³/mol. The zero-order chi connectivity index (χ0) is 25.3. The molecule has 36 heavy (non-hydrogen) atoms. The summed E-state index contributed by atoms with van der Waals surface area (Å²) in [6.07, 6.45) is 4.47. The van der Waals surface area contributed by atoms with Crippen LogP contribution in [0, 0.1) is 0 Å². The second kappa shape index (κ2) is 12.0. The topological polar surface area (TPSA) is 81.8 Å². The number of nitrogens with one attached hydrogen (secondary N) is 2. The smallest absolute Gasteiger partial charge is 0.258 e. The van der Waals surface area contributed by atoms with Gasteiger partial charge in [0.1, 0.15) is 0 Å². The Morgan fingerprint density at radius 3 is 2.17 bits per heavy atom. The molecule has 1 aliphatic rings. The monoisotopic (exact) mass is 484 g/mol. The molecule has 3 aromatic rings. The third-order valence-corrected chi connectivity index (χ3v) is 6.32.